The Labute approximate surface area is 83.2 Å². The number of rotatable bonds is 0. The second kappa shape index (κ2) is 2.80. The molecule has 0 aliphatic carbocycles. The first kappa shape index (κ1) is 8.17. The van der Waals surface area contributed by atoms with Gasteiger partial charge in [0.2, 0.25) is 0 Å². The molecule has 0 radical (unpaired) electrons. The van der Waals surface area contributed by atoms with Crippen LogP contribution in [-0.2, 0) is 0 Å². The summed E-state index contributed by atoms with van der Waals surface area (Å²) in [4.78, 5) is 0. The predicted octanol–water partition coefficient (Wildman–Crippen LogP) is 3.91. The summed E-state index contributed by atoms with van der Waals surface area (Å²) in [6.07, 6.45) is 0. The van der Waals surface area contributed by atoms with E-state index in [0.717, 1.165) is 10.1 Å². The van der Waals surface area contributed by atoms with Gasteiger partial charge in [0.15, 0.2) is 5.06 Å². The van der Waals surface area contributed by atoms with Crippen LogP contribution in [0, 0.1) is 0 Å². The number of thiophene rings is 1. The summed E-state index contributed by atoms with van der Waals surface area (Å²) in [6.45, 7) is 0. The standard InChI is InChI=1S/C8H4Cl2OS/c9-5-3-1-2-4-6(10)8(11)12-7(4)5/h1-3,11H. The van der Waals surface area contributed by atoms with Gasteiger partial charge in [-0.1, -0.05) is 46.7 Å². The van der Waals surface area contributed by atoms with E-state index in [4.69, 9.17) is 23.2 Å². The number of hydrogen-bond acceptors (Lipinski definition) is 2. The van der Waals surface area contributed by atoms with E-state index in [-0.39, 0.29) is 5.06 Å². The van der Waals surface area contributed by atoms with Crippen LogP contribution in [0.15, 0.2) is 18.2 Å². The highest BCUT2D eigenvalue weighted by molar-refractivity contribution is 7.22. The number of aromatic hydroxyl groups is 1. The summed E-state index contributed by atoms with van der Waals surface area (Å²) < 4.78 is 0.835. The summed E-state index contributed by atoms with van der Waals surface area (Å²) >= 11 is 12.9. The van der Waals surface area contributed by atoms with Gasteiger partial charge in [0.05, 0.1) is 9.72 Å². The van der Waals surface area contributed by atoms with Crippen molar-refractivity contribution in [2.45, 2.75) is 0 Å². The Hall–Kier alpha value is -0.440. The molecule has 0 saturated heterocycles. The molecule has 0 fully saturated rings. The zero-order valence-electron chi connectivity index (χ0n) is 5.84. The summed E-state index contributed by atoms with van der Waals surface area (Å²) in [7, 11) is 0. The molecule has 1 aromatic heterocycles. The monoisotopic (exact) mass is 218 g/mol. The molecule has 0 saturated carbocycles. The Morgan fingerprint density at radius 2 is 2.00 bits per heavy atom. The highest BCUT2D eigenvalue weighted by Gasteiger charge is 2.10. The molecular formula is C8H4Cl2OS. The van der Waals surface area contributed by atoms with E-state index in [1.165, 1.54) is 11.3 Å². The van der Waals surface area contributed by atoms with Crippen molar-refractivity contribution >= 4 is 44.6 Å². The van der Waals surface area contributed by atoms with Crippen LogP contribution in [0.3, 0.4) is 0 Å². The number of hydrogen-bond donors (Lipinski definition) is 1. The van der Waals surface area contributed by atoms with Crippen LogP contribution >= 0.6 is 34.5 Å². The quantitative estimate of drug-likeness (QED) is 0.711. The van der Waals surface area contributed by atoms with Crippen LogP contribution < -0.4 is 0 Å². The average molecular weight is 219 g/mol. The SMILES string of the molecule is Oc1sc2c(Cl)cccc2c1Cl. The Morgan fingerprint density at radius 1 is 1.25 bits per heavy atom. The maximum atomic E-state index is 9.30. The van der Waals surface area contributed by atoms with Crippen LogP contribution in [0.25, 0.3) is 10.1 Å². The number of halogens is 2. The van der Waals surface area contributed by atoms with Gasteiger partial charge in [0.1, 0.15) is 5.02 Å². The molecule has 0 unspecified atom stereocenters. The minimum Gasteiger partial charge on any atom is -0.498 e. The largest absolute Gasteiger partial charge is 0.498 e. The molecule has 1 heterocycles. The lowest BCUT2D eigenvalue weighted by atomic mass is 10.3. The van der Waals surface area contributed by atoms with Gasteiger partial charge >= 0.3 is 0 Å². The Bertz CT molecular complexity index is 436. The summed E-state index contributed by atoms with van der Waals surface area (Å²) in [5.74, 6) is 0. The second-order valence-electron chi connectivity index (χ2n) is 2.34. The van der Waals surface area contributed by atoms with Gasteiger partial charge in [-0.25, -0.2) is 0 Å². The van der Waals surface area contributed by atoms with Crippen LogP contribution in [0.2, 0.25) is 10.0 Å². The Balaban J connectivity index is 2.95. The Morgan fingerprint density at radius 3 is 2.67 bits per heavy atom. The van der Waals surface area contributed by atoms with E-state index >= 15 is 0 Å². The zero-order valence-corrected chi connectivity index (χ0v) is 8.17. The third-order valence-corrected chi connectivity index (χ3v) is 3.55. The number of fused-ring (bicyclic) bond motifs is 1. The van der Waals surface area contributed by atoms with Crippen molar-refractivity contribution in [1.29, 1.82) is 0 Å². The minimum atomic E-state index is 0.125. The molecule has 0 atom stereocenters. The minimum absolute atomic E-state index is 0.125. The lowest BCUT2D eigenvalue weighted by Gasteiger charge is -1.90. The number of benzene rings is 1. The summed E-state index contributed by atoms with van der Waals surface area (Å²) in [5, 5.41) is 11.2. The molecular weight excluding hydrogens is 215 g/mol. The van der Waals surface area contributed by atoms with Crippen molar-refractivity contribution in [2.75, 3.05) is 0 Å². The van der Waals surface area contributed by atoms with Gasteiger partial charge in [0.25, 0.3) is 0 Å². The fourth-order valence-electron chi connectivity index (χ4n) is 1.04. The molecule has 0 aliphatic heterocycles. The van der Waals surface area contributed by atoms with Crippen LogP contribution in [0.5, 0.6) is 5.06 Å². The zero-order chi connectivity index (χ0) is 8.72. The normalized spacial score (nSPS) is 10.8. The maximum absolute atomic E-state index is 9.30. The highest BCUT2D eigenvalue weighted by Crippen LogP contribution is 2.43. The summed E-state index contributed by atoms with van der Waals surface area (Å²) in [5.41, 5.74) is 0. The molecule has 62 valence electrons. The molecule has 4 heteroatoms. The van der Waals surface area contributed by atoms with Crippen molar-refractivity contribution in [3.8, 4) is 5.06 Å². The molecule has 0 spiro atoms. The Kier molecular flexibility index (Phi) is 1.91. The van der Waals surface area contributed by atoms with Gasteiger partial charge in [-0.3, -0.25) is 0 Å². The highest BCUT2D eigenvalue weighted by atomic mass is 35.5. The first-order valence-electron chi connectivity index (χ1n) is 3.25. The lowest BCUT2D eigenvalue weighted by Crippen LogP contribution is -1.64. The third-order valence-electron chi connectivity index (χ3n) is 1.59. The third kappa shape index (κ3) is 1.07. The molecule has 2 rings (SSSR count). The first-order chi connectivity index (χ1) is 5.70. The van der Waals surface area contributed by atoms with E-state index < -0.39 is 0 Å². The van der Waals surface area contributed by atoms with Crippen molar-refractivity contribution in [3.63, 3.8) is 0 Å². The topological polar surface area (TPSA) is 20.2 Å². The fourth-order valence-corrected chi connectivity index (χ4v) is 2.50. The smallest absolute Gasteiger partial charge is 0.191 e. The maximum Gasteiger partial charge on any atom is 0.191 e. The van der Waals surface area contributed by atoms with Gasteiger partial charge in [0, 0.05) is 5.39 Å². The molecule has 12 heavy (non-hydrogen) atoms. The molecule has 2 aromatic rings. The van der Waals surface area contributed by atoms with E-state index in [1.807, 2.05) is 12.1 Å². The van der Waals surface area contributed by atoms with Crippen molar-refractivity contribution in [1.82, 2.24) is 0 Å². The first-order valence-corrected chi connectivity index (χ1v) is 4.83. The molecule has 0 amide bonds. The average Bonchev–Trinajstić information content (AvgIpc) is 2.32. The van der Waals surface area contributed by atoms with Crippen molar-refractivity contribution in [3.05, 3.63) is 28.2 Å². The molecule has 1 N–H and O–H groups in total. The molecule has 1 aromatic carbocycles. The van der Waals surface area contributed by atoms with E-state index in [9.17, 15) is 5.11 Å². The van der Waals surface area contributed by atoms with Gasteiger partial charge in [-0.15, -0.1) is 0 Å². The van der Waals surface area contributed by atoms with E-state index in [0.29, 0.717) is 10.0 Å². The molecule has 1 nitrogen and oxygen atoms in total. The predicted molar refractivity (Wildman–Crippen MR) is 53.5 cm³/mol. The summed E-state index contributed by atoms with van der Waals surface area (Å²) in [6, 6.07) is 5.42. The van der Waals surface area contributed by atoms with Crippen molar-refractivity contribution in [2.24, 2.45) is 0 Å². The van der Waals surface area contributed by atoms with E-state index in [1.54, 1.807) is 6.07 Å². The van der Waals surface area contributed by atoms with Crippen LogP contribution in [0.4, 0.5) is 0 Å². The fraction of sp³-hybridized carbons (Fsp3) is 0. The van der Waals surface area contributed by atoms with Crippen LogP contribution in [-0.4, -0.2) is 5.11 Å². The van der Waals surface area contributed by atoms with Crippen molar-refractivity contribution < 1.29 is 5.11 Å². The van der Waals surface area contributed by atoms with Gasteiger partial charge in [-0.05, 0) is 6.07 Å². The van der Waals surface area contributed by atoms with Crippen LogP contribution in [0.1, 0.15) is 0 Å². The van der Waals surface area contributed by atoms with Gasteiger partial charge < -0.3 is 5.11 Å². The van der Waals surface area contributed by atoms with Gasteiger partial charge in [-0.2, -0.15) is 0 Å². The van der Waals surface area contributed by atoms with E-state index in [2.05, 4.69) is 0 Å². The molecule has 0 bridgehead atoms. The second-order valence-corrected chi connectivity index (χ2v) is 4.12. The molecule has 0 aliphatic rings. The lowest BCUT2D eigenvalue weighted by molar-refractivity contribution is 0.491.